The van der Waals surface area contributed by atoms with E-state index in [1.54, 1.807) is 22.7 Å². The van der Waals surface area contributed by atoms with Crippen molar-refractivity contribution < 1.29 is 0 Å². The van der Waals surface area contributed by atoms with Crippen LogP contribution in [0.3, 0.4) is 0 Å². The second-order valence-electron chi connectivity index (χ2n) is 3.25. The van der Waals surface area contributed by atoms with E-state index in [1.165, 1.54) is 10.4 Å². The maximum absolute atomic E-state index is 5.79. The average molecular weight is 224 g/mol. The van der Waals surface area contributed by atoms with E-state index in [1.807, 2.05) is 13.1 Å². The molecule has 0 aromatic carbocycles. The standard InChI is InChI=1S/C10H12N2S2/c1-6(11)9-5-12-10(14-9)8-3-4-13-7(8)2/h3-6H,11H2,1-2H3. The molecule has 2 nitrogen and oxygen atoms in total. The largest absolute Gasteiger partial charge is 0.323 e. The first kappa shape index (κ1) is 9.83. The third-order valence-electron chi connectivity index (χ3n) is 2.06. The number of nitrogens with zero attached hydrogens (tertiary/aromatic N) is 1. The van der Waals surface area contributed by atoms with Crippen molar-refractivity contribution in [3.63, 3.8) is 0 Å². The molecule has 1 unspecified atom stereocenters. The SMILES string of the molecule is Cc1sccc1-c1ncc(C(C)N)s1. The molecule has 2 heterocycles. The first-order valence-electron chi connectivity index (χ1n) is 4.44. The molecule has 1 atom stereocenters. The second kappa shape index (κ2) is 3.81. The van der Waals surface area contributed by atoms with Crippen molar-refractivity contribution in [2.45, 2.75) is 19.9 Å². The molecule has 74 valence electrons. The van der Waals surface area contributed by atoms with Crippen LogP contribution < -0.4 is 5.73 Å². The fourth-order valence-electron chi connectivity index (χ4n) is 1.23. The minimum Gasteiger partial charge on any atom is -0.323 e. The summed E-state index contributed by atoms with van der Waals surface area (Å²) < 4.78 is 0. The molecule has 0 aliphatic carbocycles. The number of aryl methyl sites for hydroxylation is 1. The molecule has 2 aromatic rings. The minimum absolute atomic E-state index is 0.0835. The molecule has 0 amide bonds. The molecule has 2 N–H and O–H groups in total. The Labute approximate surface area is 91.4 Å². The summed E-state index contributed by atoms with van der Waals surface area (Å²) in [5.74, 6) is 0. The maximum atomic E-state index is 5.79. The molecule has 0 saturated heterocycles. The van der Waals surface area contributed by atoms with E-state index < -0.39 is 0 Å². The van der Waals surface area contributed by atoms with Gasteiger partial charge in [-0.2, -0.15) is 0 Å². The summed E-state index contributed by atoms with van der Waals surface area (Å²) in [4.78, 5) is 6.85. The summed E-state index contributed by atoms with van der Waals surface area (Å²) in [6, 6.07) is 2.20. The first-order chi connectivity index (χ1) is 6.68. The molecule has 0 spiro atoms. The van der Waals surface area contributed by atoms with Crippen LogP contribution in [0.5, 0.6) is 0 Å². The molecule has 4 heteroatoms. The van der Waals surface area contributed by atoms with E-state index in [0.717, 1.165) is 9.88 Å². The highest BCUT2D eigenvalue weighted by Gasteiger charge is 2.09. The molecule has 14 heavy (non-hydrogen) atoms. The Kier molecular flexibility index (Phi) is 2.67. The number of nitrogens with two attached hydrogens (primary N) is 1. The van der Waals surface area contributed by atoms with Crippen LogP contribution in [0.25, 0.3) is 10.6 Å². The fraction of sp³-hybridized carbons (Fsp3) is 0.300. The molecule has 0 radical (unpaired) electrons. The smallest absolute Gasteiger partial charge is 0.124 e. The summed E-state index contributed by atoms with van der Waals surface area (Å²) in [5.41, 5.74) is 7.03. The lowest BCUT2D eigenvalue weighted by Gasteiger charge is -1.97. The Bertz CT molecular complexity index is 429. The summed E-state index contributed by atoms with van der Waals surface area (Å²) >= 11 is 3.44. The number of thiophene rings is 1. The zero-order valence-electron chi connectivity index (χ0n) is 8.15. The van der Waals surface area contributed by atoms with Crippen LogP contribution >= 0.6 is 22.7 Å². The van der Waals surface area contributed by atoms with Gasteiger partial charge in [0.2, 0.25) is 0 Å². The van der Waals surface area contributed by atoms with Crippen LogP contribution in [0.2, 0.25) is 0 Å². The topological polar surface area (TPSA) is 38.9 Å². The Hall–Kier alpha value is -0.710. The predicted octanol–water partition coefficient (Wildman–Crippen LogP) is 3.20. The van der Waals surface area contributed by atoms with Gasteiger partial charge in [-0.15, -0.1) is 22.7 Å². The average Bonchev–Trinajstić information content (AvgIpc) is 2.71. The van der Waals surface area contributed by atoms with E-state index >= 15 is 0 Å². The van der Waals surface area contributed by atoms with E-state index in [0.29, 0.717) is 0 Å². The van der Waals surface area contributed by atoms with Crippen molar-refractivity contribution in [3.05, 3.63) is 27.4 Å². The van der Waals surface area contributed by atoms with Crippen molar-refractivity contribution in [1.82, 2.24) is 4.98 Å². The van der Waals surface area contributed by atoms with Gasteiger partial charge in [0.05, 0.1) is 0 Å². The van der Waals surface area contributed by atoms with Crippen molar-refractivity contribution in [2.24, 2.45) is 5.73 Å². The van der Waals surface area contributed by atoms with Gasteiger partial charge >= 0.3 is 0 Å². The number of aromatic nitrogens is 1. The van der Waals surface area contributed by atoms with Crippen molar-refractivity contribution in [1.29, 1.82) is 0 Å². The predicted molar refractivity (Wildman–Crippen MR) is 62.8 cm³/mol. The quantitative estimate of drug-likeness (QED) is 0.850. The van der Waals surface area contributed by atoms with Crippen LogP contribution in [0.4, 0.5) is 0 Å². The highest BCUT2D eigenvalue weighted by atomic mass is 32.1. The zero-order chi connectivity index (χ0) is 10.1. The van der Waals surface area contributed by atoms with Gasteiger partial charge in [-0.1, -0.05) is 0 Å². The lowest BCUT2D eigenvalue weighted by Crippen LogP contribution is -2.01. The van der Waals surface area contributed by atoms with E-state index in [2.05, 4.69) is 23.4 Å². The monoisotopic (exact) mass is 224 g/mol. The van der Waals surface area contributed by atoms with Gasteiger partial charge in [0.15, 0.2) is 0 Å². The van der Waals surface area contributed by atoms with E-state index in [9.17, 15) is 0 Å². The Balaban J connectivity index is 2.39. The molecule has 0 aliphatic heterocycles. The van der Waals surface area contributed by atoms with Crippen LogP contribution in [0.15, 0.2) is 17.6 Å². The van der Waals surface area contributed by atoms with E-state index in [4.69, 9.17) is 5.73 Å². The van der Waals surface area contributed by atoms with Crippen molar-refractivity contribution >= 4 is 22.7 Å². The molecule has 0 fully saturated rings. The normalized spacial score (nSPS) is 13.1. The number of hydrogen-bond donors (Lipinski definition) is 1. The Morgan fingerprint density at radius 1 is 1.50 bits per heavy atom. The lowest BCUT2D eigenvalue weighted by atomic mass is 10.3. The van der Waals surface area contributed by atoms with Crippen molar-refractivity contribution in [3.8, 4) is 10.6 Å². The minimum atomic E-state index is 0.0835. The number of rotatable bonds is 2. The number of thiazole rings is 1. The molecule has 2 aromatic heterocycles. The third kappa shape index (κ3) is 1.73. The van der Waals surface area contributed by atoms with Crippen LogP contribution in [-0.4, -0.2) is 4.98 Å². The van der Waals surface area contributed by atoms with E-state index in [-0.39, 0.29) is 6.04 Å². The van der Waals surface area contributed by atoms with Gasteiger partial charge < -0.3 is 5.73 Å². The van der Waals surface area contributed by atoms with Crippen molar-refractivity contribution in [2.75, 3.05) is 0 Å². The molecular formula is C10H12N2S2. The van der Waals surface area contributed by atoms with Crippen LogP contribution in [-0.2, 0) is 0 Å². The highest BCUT2D eigenvalue weighted by molar-refractivity contribution is 7.16. The summed E-state index contributed by atoms with van der Waals surface area (Å²) in [6.45, 7) is 4.10. The van der Waals surface area contributed by atoms with Gasteiger partial charge in [0.25, 0.3) is 0 Å². The zero-order valence-corrected chi connectivity index (χ0v) is 9.78. The highest BCUT2D eigenvalue weighted by Crippen LogP contribution is 2.32. The molecule has 0 saturated carbocycles. The molecule has 2 rings (SSSR count). The van der Waals surface area contributed by atoms with Gasteiger partial charge in [-0.05, 0) is 25.3 Å². The summed E-state index contributed by atoms with van der Waals surface area (Å²) in [5, 5.41) is 3.17. The van der Waals surface area contributed by atoms with Gasteiger partial charge in [0, 0.05) is 27.6 Å². The first-order valence-corrected chi connectivity index (χ1v) is 6.14. The van der Waals surface area contributed by atoms with Crippen LogP contribution in [0, 0.1) is 6.92 Å². The lowest BCUT2D eigenvalue weighted by molar-refractivity contribution is 0.835. The molecule has 0 aliphatic rings. The second-order valence-corrected chi connectivity index (χ2v) is 5.43. The molecular weight excluding hydrogens is 212 g/mol. The Morgan fingerprint density at radius 2 is 2.29 bits per heavy atom. The summed E-state index contributed by atoms with van der Waals surface area (Å²) in [6.07, 6.45) is 1.88. The fourth-order valence-corrected chi connectivity index (χ4v) is 2.94. The summed E-state index contributed by atoms with van der Waals surface area (Å²) in [7, 11) is 0. The molecule has 0 bridgehead atoms. The van der Waals surface area contributed by atoms with Gasteiger partial charge in [-0.25, -0.2) is 4.98 Å². The van der Waals surface area contributed by atoms with Crippen LogP contribution in [0.1, 0.15) is 22.7 Å². The van der Waals surface area contributed by atoms with Gasteiger partial charge in [0.1, 0.15) is 5.01 Å². The number of hydrogen-bond acceptors (Lipinski definition) is 4. The third-order valence-corrected chi connectivity index (χ3v) is 4.14. The van der Waals surface area contributed by atoms with Gasteiger partial charge in [-0.3, -0.25) is 0 Å². The Morgan fingerprint density at radius 3 is 2.79 bits per heavy atom. The maximum Gasteiger partial charge on any atom is 0.124 e.